The van der Waals surface area contributed by atoms with Gasteiger partial charge in [0, 0.05) is 17.6 Å². The van der Waals surface area contributed by atoms with Gasteiger partial charge in [0.2, 0.25) is 0 Å². The van der Waals surface area contributed by atoms with E-state index in [-0.39, 0.29) is 24.8 Å². The number of hydrogen-bond acceptors (Lipinski definition) is 3. The van der Waals surface area contributed by atoms with Crippen molar-refractivity contribution in [2.75, 3.05) is 5.73 Å². The van der Waals surface area contributed by atoms with Crippen molar-refractivity contribution >= 4 is 41.6 Å². The lowest BCUT2D eigenvalue weighted by Gasteiger charge is -1.88. The quantitative estimate of drug-likeness (QED) is 0.720. The van der Waals surface area contributed by atoms with Crippen molar-refractivity contribution in [3.63, 3.8) is 0 Å². The third-order valence-corrected chi connectivity index (χ3v) is 1.36. The molecule has 2 heterocycles. The molecule has 2 N–H and O–H groups in total. The Morgan fingerprint density at radius 2 is 2.08 bits per heavy atom. The average molecular weight is 207 g/mol. The fourth-order valence-electron chi connectivity index (χ4n) is 0.870. The zero-order valence-corrected chi connectivity index (χ0v) is 7.69. The third-order valence-electron chi connectivity index (χ3n) is 1.36. The van der Waals surface area contributed by atoms with Gasteiger partial charge in [0.15, 0.2) is 0 Å². The molecule has 0 saturated carbocycles. The molecule has 3 nitrogen and oxygen atoms in total. The minimum atomic E-state index is 0. The summed E-state index contributed by atoms with van der Waals surface area (Å²) in [4.78, 5) is 3.90. The standard InChI is InChI=1S/C7H6N2O.2ClH/c8-7-3-6-5(4-9-7)1-2-10-6;;/h1-4H,(H2,8,9);2*1H. The van der Waals surface area contributed by atoms with Crippen LogP contribution in [0.5, 0.6) is 0 Å². The van der Waals surface area contributed by atoms with E-state index in [2.05, 4.69) is 4.98 Å². The predicted molar refractivity (Wildman–Crippen MR) is 52.9 cm³/mol. The number of rotatable bonds is 0. The lowest BCUT2D eigenvalue weighted by atomic mass is 10.3. The Balaban J connectivity index is 0.000000605. The highest BCUT2D eigenvalue weighted by Crippen LogP contribution is 2.14. The Labute approximate surface area is 81.8 Å². The van der Waals surface area contributed by atoms with Crippen molar-refractivity contribution in [3.05, 3.63) is 24.6 Å². The Morgan fingerprint density at radius 1 is 1.33 bits per heavy atom. The van der Waals surface area contributed by atoms with Gasteiger partial charge in [-0.3, -0.25) is 0 Å². The van der Waals surface area contributed by atoms with Gasteiger partial charge >= 0.3 is 0 Å². The second-order valence-corrected chi connectivity index (χ2v) is 2.07. The fourth-order valence-corrected chi connectivity index (χ4v) is 0.870. The maximum atomic E-state index is 5.41. The highest BCUT2D eigenvalue weighted by atomic mass is 35.5. The van der Waals surface area contributed by atoms with Gasteiger partial charge in [-0.2, -0.15) is 0 Å². The monoisotopic (exact) mass is 206 g/mol. The van der Waals surface area contributed by atoms with E-state index in [1.54, 1.807) is 18.5 Å². The van der Waals surface area contributed by atoms with Gasteiger partial charge in [0.1, 0.15) is 11.4 Å². The van der Waals surface area contributed by atoms with E-state index in [1.165, 1.54) is 0 Å². The Hall–Kier alpha value is -0.930. The molecular formula is C7H8Cl2N2O. The SMILES string of the molecule is Cl.Cl.Nc1cc2occc2cn1. The van der Waals surface area contributed by atoms with Gasteiger partial charge in [0.25, 0.3) is 0 Å². The van der Waals surface area contributed by atoms with Crippen LogP contribution in [0.3, 0.4) is 0 Å². The molecule has 0 aliphatic carbocycles. The molecule has 12 heavy (non-hydrogen) atoms. The third kappa shape index (κ3) is 1.81. The van der Waals surface area contributed by atoms with Crippen molar-refractivity contribution < 1.29 is 4.42 Å². The van der Waals surface area contributed by atoms with Crippen LogP contribution in [-0.2, 0) is 0 Å². The van der Waals surface area contributed by atoms with E-state index >= 15 is 0 Å². The van der Waals surface area contributed by atoms with E-state index in [4.69, 9.17) is 10.2 Å². The van der Waals surface area contributed by atoms with Crippen LogP contribution in [0.15, 0.2) is 29.0 Å². The molecule has 0 aliphatic heterocycles. The number of pyridine rings is 1. The van der Waals surface area contributed by atoms with E-state index in [9.17, 15) is 0 Å². The summed E-state index contributed by atoms with van der Waals surface area (Å²) in [7, 11) is 0. The van der Waals surface area contributed by atoms with Crippen molar-refractivity contribution in [1.29, 1.82) is 0 Å². The molecule has 2 aromatic rings. The topological polar surface area (TPSA) is 52.0 Å². The molecule has 2 rings (SSSR count). The maximum absolute atomic E-state index is 5.41. The second kappa shape index (κ2) is 4.18. The number of fused-ring (bicyclic) bond motifs is 1. The number of hydrogen-bond donors (Lipinski definition) is 1. The van der Waals surface area contributed by atoms with Gasteiger partial charge < -0.3 is 10.2 Å². The lowest BCUT2D eigenvalue weighted by Crippen LogP contribution is -1.86. The van der Waals surface area contributed by atoms with Crippen molar-refractivity contribution in [2.24, 2.45) is 0 Å². The molecule has 0 saturated heterocycles. The normalized spacial score (nSPS) is 8.67. The number of aromatic nitrogens is 1. The number of halogens is 2. The molecular weight excluding hydrogens is 199 g/mol. The Morgan fingerprint density at radius 3 is 2.83 bits per heavy atom. The summed E-state index contributed by atoms with van der Waals surface area (Å²) >= 11 is 0. The van der Waals surface area contributed by atoms with Crippen LogP contribution < -0.4 is 5.73 Å². The highest BCUT2D eigenvalue weighted by molar-refractivity contribution is 5.85. The van der Waals surface area contributed by atoms with Crippen LogP contribution in [0.25, 0.3) is 11.0 Å². The minimum absolute atomic E-state index is 0. The summed E-state index contributed by atoms with van der Waals surface area (Å²) in [5.74, 6) is 0.488. The Kier molecular flexibility index (Phi) is 3.86. The zero-order valence-electron chi connectivity index (χ0n) is 6.06. The molecule has 0 amide bonds. The predicted octanol–water partition coefficient (Wildman–Crippen LogP) is 2.25. The number of nitrogen functional groups attached to an aromatic ring is 1. The van der Waals surface area contributed by atoms with Gasteiger partial charge in [0.05, 0.1) is 6.26 Å². The first-order valence-electron chi connectivity index (χ1n) is 2.95. The van der Waals surface area contributed by atoms with Crippen LogP contribution in [-0.4, -0.2) is 4.98 Å². The summed E-state index contributed by atoms with van der Waals surface area (Å²) < 4.78 is 5.08. The Bertz CT molecular complexity index is 361. The van der Waals surface area contributed by atoms with Gasteiger partial charge in [-0.15, -0.1) is 24.8 Å². The average Bonchev–Trinajstić information content (AvgIpc) is 2.33. The van der Waals surface area contributed by atoms with Gasteiger partial charge in [-0.05, 0) is 6.07 Å². The smallest absolute Gasteiger partial charge is 0.139 e. The molecule has 2 aromatic heterocycles. The van der Waals surface area contributed by atoms with Crippen molar-refractivity contribution in [3.8, 4) is 0 Å². The molecule has 66 valence electrons. The van der Waals surface area contributed by atoms with E-state index in [0.717, 1.165) is 11.0 Å². The first-order chi connectivity index (χ1) is 4.86. The number of nitrogens with zero attached hydrogens (tertiary/aromatic N) is 1. The van der Waals surface area contributed by atoms with Gasteiger partial charge in [-0.25, -0.2) is 4.98 Å². The van der Waals surface area contributed by atoms with Crippen molar-refractivity contribution in [1.82, 2.24) is 4.98 Å². The zero-order chi connectivity index (χ0) is 6.97. The molecule has 0 atom stereocenters. The molecule has 0 spiro atoms. The molecule has 5 heteroatoms. The molecule has 0 fully saturated rings. The van der Waals surface area contributed by atoms with Crippen LogP contribution in [0, 0.1) is 0 Å². The lowest BCUT2D eigenvalue weighted by molar-refractivity contribution is 0.616. The van der Waals surface area contributed by atoms with Crippen molar-refractivity contribution in [2.45, 2.75) is 0 Å². The molecule has 0 bridgehead atoms. The molecule has 0 radical (unpaired) electrons. The van der Waals surface area contributed by atoms with Crippen LogP contribution >= 0.6 is 24.8 Å². The molecule has 0 unspecified atom stereocenters. The number of anilines is 1. The van der Waals surface area contributed by atoms with E-state index in [1.807, 2.05) is 6.07 Å². The summed E-state index contributed by atoms with van der Waals surface area (Å²) in [6, 6.07) is 3.55. The van der Waals surface area contributed by atoms with Crippen LogP contribution in [0.1, 0.15) is 0 Å². The largest absolute Gasteiger partial charge is 0.464 e. The molecule has 0 aliphatic rings. The van der Waals surface area contributed by atoms with Gasteiger partial charge in [-0.1, -0.05) is 0 Å². The minimum Gasteiger partial charge on any atom is -0.464 e. The maximum Gasteiger partial charge on any atom is 0.139 e. The highest BCUT2D eigenvalue weighted by Gasteiger charge is 1.95. The number of nitrogens with two attached hydrogens (primary N) is 1. The first kappa shape index (κ1) is 11.1. The summed E-state index contributed by atoms with van der Waals surface area (Å²) in [6.45, 7) is 0. The van der Waals surface area contributed by atoms with Crippen LogP contribution in [0.2, 0.25) is 0 Å². The number of furan rings is 1. The second-order valence-electron chi connectivity index (χ2n) is 2.07. The molecule has 0 aromatic carbocycles. The summed E-state index contributed by atoms with van der Waals surface area (Å²) in [5, 5.41) is 0.981. The summed E-state index contributed by atoms with van der Waals surface area (Å²) in [6.07, 6.45) is 3.31. The fraction of sp³-hybridized carbons (Fsp3) is 0. The van der Waals surface area contributed by atoms with E-state index in [0.29, 0.717) is 5.82 Å². The first-order valence-corrected chi connectivity index (χ1v) is 2.95. The van der Waals surface area contributed by atoms with E-state index < -0.39 is 0 Å². The summed E-state index contributed by atoms with van der Waals surface area (Å²) in [5.41, 5.74) is 6.20. The van der Waals surface area contributed by atoms with Crippen LogP contribution in [0.4, 0.5) is 5.82 Å².